The van der Waals surface area contributed by atoms with Crippen molar-refractivity contribution < 1.29 is 0 Å². The lowest BCUT2D eigenvalue weighted by molar-refractivity contribution is 0.603. The summed E-state index contributed by atoms with van der Waals surface area (Å²) < 4.78 is 2.85. The van der Waals surface area contributed by atoms with E-state index < -0.39 is 0 Å². The van der Waals surface area contributed by atoms with Gasteiger partial charge in [-0.3, -0.25) is 0 Å². The largest absolute Gasteiger partial charge is 0.139 e. The molecule has 0 aliphatic heterocycles. The molecule has 0 amide bonds. The first-order valence-electron chi connectivity index (χ1n) is 9.39. The van der Waals surface area contributed by atoms with Gasteiger partial charge in [0.1, 0.15) is 0 Å². The maximum atomic E-state index is 2.41. The maximum absolute atomic E-state index is 2.41. The SMILES string of the molecule is Cc1cc(C(C)C)sc1-c1cc2sc(-c3sc(C(C)(C)C)cc3C)cc2s1. The third-order valence-electron chi connectivity index (χ3n) is 4.82. The Morgan fingerprint density at radius 3 is 1.67 bits per heavy atom. The quantitative estimate of drug-likeness (QED) is 0.303. The van der Waals surface area contributed by atoms with E-state index in [0.717, 1.165) is 0 Å². The van der Waals surface area contributed by atoms with Crippen LogP contribution in [0.1, 0.15) is 61.4 Å². The number of hydrogen-bond donors (Lipinski definition) is 0. The molecule has 0 aromatic carbocycles. The standard InChI is InChI=1S/C23H26S4/c1-12(2)15-8-13(3)21(26-15)18-10-16-17(24-18)11-19(25-16)22-14(4)9-20(27-22)23(5,6)7/h8-12H,1-7H3. The van der Waals surface area contributed by atoms with E-state index in [1.165, 1.54) is 49.8 Å². The molecular weight excluding hydrogens is 405 g/mol. The Hall–Kier alpha value is -0.940. The summed E-state index contributed by atoms with van der Waals surface area (Å²) in [6, 6.07) is 9.56. The second-order valence-electron chi connectivity index (χ2n) is 8.64. The average Bonchev–Trinajstić information content (AvgIpc) is 3.26. The molecule has 4 heteroatoms. The van der Waals surface area contributed by atoms with Crippen LogP contribution >= 0.6 is 45.3 Å². The van der Waals surface area contributed by atoms with Crippen molar-refractivity contribution in [1.29, 1.82) is 0 Å². The first-order chi connectivity index (χ1) is 12.6. The molecule has 0 saturated carbocycles. The molecule has 0 saturated heterocycles. The molecule has 0 radical (unpaired) electrons. The van der Waals surface area contributed by atoms with E-state index >= 15 is 0 Å². The molecule has 27 heavy (non-hydrogen) atoms. The van der Waals surface area contributed by atoms with Crippen molar-refractivity contribution in [1.82, 2.24) is 0 Å². The number of hydrogen-bond acceptors (Lipinski definition) is 4. The van der Waals surface area contributed by atoms with Crippen LogP contribution in [0.15, 0.2) is 24.3 Å². The van der Waals surface area contributed by atoms with Gasteiger partial charge in [-0.15, -0.1) is 45.3 Å². The van der Waals surface area contributed by atoms with Gasteiger partial charge in [-0.1, -0.05) is 34.6 Å². The molecular formula is C23H26S4. The second-order valence-corrected chi connectivity index (χ2v) is 12.9. The van der Waals surface area contributed by atoms with E-state index in [2.05, 4.69) is 72.7 Å². The zero-order valence-corrected chi connectivity index (χ0v) is 20.3. The Kier molecular flexibility index (Phi) is 4.91. The fraction of sp³-hybridized carbons (Fsp3) is 0.391. The van der Waals surface area contributed by atoms with E-state index in [1.54, 1.807) is 0 Å². The van der Waals surface area contributed by atoms with E-state index in [0.29, 0.717) is 5.92 Å². The monoisotopic (exact) mass is 430 g/mol. The summed E-state index contributed by atoms with van der Waals surface area (Å²) >= 11 is 7.83. The van der Waals surface area contributed by atoms with Crippen molar-refractivity contribution in [3.8, 4) is 19.5 Å². The van der Waals surface area contributed by atoms with Crippen LogP contribution < -0.4 is 0 Å². The molecule has 0 bridgehead atoms. The summed E-state index contributed by atoms with van der Waals surface area (Å²) in [5, 5.41) is 0. The Labute approximate surface area is 178 Å². The highest BCUT2D eigenvalue weighted by molar-refractivity contribution is 7.33. The van der Waals surface area contributed by atoms with Gasteiger partial charge in [0.05, 0.1) is 0 Å². The van der Waals surface area contributed by atoms with Crippen molar-refractivity contribution in [2.45, 2.75) is 59.8 Å². The van der Waals surface area contributed by atoms with Gasteiger partial charge in [0.15, 0.2) is 0 Å². The van der Waals surface area contributed by atoms with E-state index in [9.17, 15) is 0 Å². The van der Waals surface area contributed by atoms with Gasteiger partial charge in [0, 0.05) is 38.7 Å². The van der Waals surface area contributed by atoms with Gasteiger partial charge in [-0.05, 0) is 60.6 Å². The molecule has 4 aromatic rings. The van der Waals surface area contributed by atoms with Gasteiger partial charge in [0.25, 0.3) is 0 Å². The fourth-order valence-corrected chi connectivity index (χ4v) is 8.33. The van der Waals surface area contributed by atoms with Crippen LogP contribution in [-0.4, -0.2) is 0 Å². The predicted molar refractivity (Wildman–Crippen MR) is 129 cm³/mol. The molecule has 4 rings (SSSR count). The van der Waals surface area contributed by atoms with Crippen molar-refractivity contribution >= 4 is 54.7 Å². The summed E-state index contributed by atoms with van der Waals surface area (Å²) in [4.78, 5) is 8.72. The van der Waals surface area contributed by atoms with Crippen LogP contribution in [0.25, 0.3) is 28.9 Å². The minimum Gasteiger partial charge on any atom is -0.139 e. The molecule has 0 aliphatic carbocycles. The Balaban J connectivity index is 1.72. The van der Waals surface area contributed by atoms with Crippen LogP contribution in [0.4, 0.5) is 0 Å². The highest BCUT2D eigenvalue weighted by Gasteiger charge is 2.21. The van der Waals surface area contributed by atoms with Crippen LogP contribution in [0.2, 0.25) is 0 Å². The molecule has 0 fully saturated rings. The van der Waals surface area contributed by atoms with Crippen LogP contribution in [0.3, 0.4) is 0 Å². The highest BCUT2D eigenvalue weighted by Crippen LogP contribution is 2.47. The number of fused-ring (bicyclic) bond motifs is 1. The first kappa shape index (κ1) is 19.4. The van der Waals surface area contributed by atoms with E-state index in [4.69, 9.17) is 0 Å². The molecule has 4 heterocycles. The molecule has 0 nitrogen and oxygen atoms in total. The van der Waals surface area contributed by atoms with E-state index in [-0.39, 0.29) is 5.41 Å². The molecule has 4 aromatic heterocycles. The molecule has 0 spiro atoms. The summed E-state index contributed by atoms with van der Waals surface area (Å²) in [6.07, 6.45) is 0. The highest BCUT2D eigenvalue weighted by atomic mass is 32.1. The Bertz CT molecular complexity index is 1070. The van der Waals surface area contributed by atoms with Gasteiger partial charge in [0.2, 0.25) is 0 Å². The van der Waals surface area contributed by atoms with Crippen molar-refractivity contribution in [2.24, 2.45) is 0 Å². The zero-order valence-electron chi connectivity index (χ0n) is 17.0. The zero-order chi connectivity index (χ0) is 19.5. The van der Waals surface area contributed by atoms with Crippen LogP contribution in [-0.2, 0) is 5.41 Å². The summed E-state index contributed by atoms with van der Waals surface area (Å²) in [5.74, 6) is 0.606. The van der Waals surface area contributed by atoms with Crippen molar-refractivity contribution in [2.75, 3.05) is 0 Å². The van der Waals surface area contributed by atoms with Crippen LogP contribution in [0.5, 0.6) is 0 Å². The lowest BCUT2D eigenvalue weighted by atomic mass is 9.94. The molecule has 0 aliphatic rings. The summed E-state index contributed by atoms with van der Waals surface area (Å²) in [6.45, 7) is 16.0. The third-order valence-corrected chi connectivity index (χ3v) is 10.7. The Morgan fingerprint density at radius 2 is 1.22 bits per heavy atom. The average molecular weight is 431 g/mol. The molecule has 0 atom stereocenters. The molecule has 0 N–H and O–H groups in total. The normalized spacial score (nSPS) is 12.6. The summed E-state index contributed by atoms with van der Waals surface area (Å²) in [7, 11) is 0. The van der Waals surface area contributed by atoms with Crippen molar-refractivity contribution in [3.63, 3.8) is 0 Å². The summed E-state index contributed by atoms with van der Waals surface area (Å²) in [5.41, 5.74) is 3.05. The predicted octanol–water partition coefficient (Wildman–Crippen LogP) is 9.46. The van der Waals surface area contributed by atoms with Gasteiger partial charge < -0.3 is 0 Å². The van der Waals surface area contributed by atoms with Crippen LogP contribution in [0, 0.1) is 13.8 Å². The minimum absolute atomic E-state index is 0.223. The third kappa shape index (κ3) is 3.57. The Morgan fingerprint density at radius 1 is 0.704 bits per heavy atom. The lowest BCUT2D eigenvalue weighted by Gasteiger charge is -2.15. The lowest BCUT2D eigenvalue weighted by Crippen LogP contribution is -2.07. The minimum atomic E-state index is 0.223. The number of rotatable bonds is 3. The smallest absolute Gasteiger partial charge is 0.0475 e. The second kappa shape index (κ2) is 6.84. The number of thiophene rings is 4. The first-order valence-corrected chi connectivity index (χ1v) is 12.7. The number of aryl methyl sites for hydroxylation is 2. The topological polar surface area (TPSA) is 0 Å². The van der Waals surface area contributed by atoms with Crippen molar-refractivity contribution in [3.05, 3.63) is 45.1 Å². The maximum Gasteiger partial charge on any atom is 0.0475 e. The molecule has 142 valence electrons. The van der Waals surface area contributed by atoms with Gasteiger partial charge in [-0.25, -0.2) is 0 Å². The fourth-order valence-electron chi connectivity index (χ4n) is 3.19. The van der Waals surface area contributed by atoms with Gasteiger partial charge >= 0.3 is 0 Å². The molecule has 0 unspecified atom stereocenters. The van der Waals surface area contributed by atoms with E-state index in [1.807, 2.05) is 45.3 Å². The van der Waals surface area contributed by atoms with Gasteiger partial charge in [-0.2, -0.15) is 0 Å².